The van der Waals surface area contributed by atoms with Crippen LogP contribution in [0.5, 0.6) is 0 Å². The van der Waals surface area contributed by atoms with Crippen molar-refractivity contribution in [3.05, 3.63) is 35.9 Å². The average molecular weight is 1620 g/mol. The molecule has 0 unspecified atom stereocenters. The van der Waals surface area contributed by atoms with Gasteiger partial charge in [0.1, 0.15) is 89.2 Å². The van der Waals surface area contributed by atoms with Gasteiger partial charge in [-0.25, -0.2) is 9.59 Å². The number of ether oxygens (including phenoxy) is 2. The Balaban J connectivity index is 2.92. The van der Waals surface area contributed by atoms with Gasteiger partial charge in [-0.1, -0.05) is 120 Å². The van der Waals surface area contributed by atoms with Crippen molar-refractivity contribution in [1.29, 1.82) is 0 Å². The monoisotopic (exact) mass is 1610 g/mol. The van der Waals surface area contributed by atoms with Crippen LogP contribution in [0.3, 0.4) is 0 Å². The van der Waals surface area contributed by atoms with Gasteiger partial charge in [-0.3, -0.25) is 67.1 Å². The van der Waals surface area contributed by atoms with Crippen LogP contribution in [0, 0.1) is 35.5 Å². The first kappa shape index (κ1) is 102. The molecule has 33 nitrogen and oxygen atoms in total. The lowest BCUT2D eigenvalue weighted by Crippen LogP contribution is -2.63. The number of unbranched alkanes of at least 4 members (excludes halogenated alkanes) is 2. The van der Waals surface area contributed by atoms with Gasteiger partial charge in [0.15, 0.2) is 0 Å². The first-order valence-corrected chi connectivity index (χ1v) is 40.5. The Bertz CT molecular complexity index is 3360. The fraction of sp³-hybridized carbons (Fsp3) is 0.722. The maximum Gasteiger partial charge on any atom is 0.408 e. The Labute approximate surface area is 672 Å². The van der Waals surface area contributed by atoms with Gasteiger partial charge in [-0.2, -0.15) is 11.8 Å². The van der Waals surface area contributed by atoms with Gasteiger partial charge >= 0.3 is 12.1 Å². The number of hydrogen-bond acceptors (Lipinski definition) is 19. The Morgan fingerprint density at radius 1 is 0.389 bits per heavy atom. The van der Waals surface area contributed by atoms with Crippen molar-refractivity contribution in [2.75, 3.05) is 25.7 Å². The molecule has 0 aliphatic rings. The zero-order valence-corrected chi connectivity index (χ0v) is 72.1. The number of nitrogens with one attached hydrogen (secondary N) is 15. The van der Waals surface area contributed by atoms with Gasteiger partial charge in [-0.15, -0.1) is 0 Å². The number of esters is 1. The van der Waals surface area contributed by atoms with E-state index in [0.29, 0.717) is 25.0 Å². The maximum absolute atomic E-state index is 14.0. The van der Waals surface area contributed by atoms with Crippen molar-refractivity contribution in [2.24, 2.45) is 35.5 Å². The fourth-order valence-corrected chi connectivity index (χ4v) is 11.7. The van der Waals surface area contributed by atoms with E-state index in [1.807, 2.05) is 53.9 Å². The molecule has 0 radical (unpaired) electrons. The second-order valence-electron chi connectivity index (χ2n) is 33.3. The lowest BCUT2D eigenvalue weighted by atomic mass is 9.97. The molecule has 0 fully saturated rings. The summed E-state index contributed by atoms with van der Waals surface area (Å²) < 4.78 is 10.2. The highest BCUT2D eigenvalue weighted by Gasteiger charge is 2.41. The minimum absolute atomic E-state index is 0.00973. The minimum Gasteiger partial charge on any atom is -0.467 e. The third kappa shape index (κ3) is 38.5. The topological polar surface area (TPSA) is 472 Å². The molecule has 0 aliphatic heterocycles. The molecular weight excluding hydrogens is 1480 g/mol. The van der Waals surface area contributed by atoms with Crippen LogP contribution in [-0.2, 0) is 87.8 Å². The van der Waals surface area contributed by atoms with Crippen LogP contribution in [-0.4, -0.2) is 210 Å². The van der Waals surface area contributed by atoms with Gasteiger partial charge < -0.3 is 89.2 Å². The van der Waals surface area contributed by atoms with Crippen molar-refractivity contribution < 1.29 is 86.2 Å². The summed E-state index contributed by atoms with van der Waals surface area (Å²) in [5.41, 5.74) is -3.39. The van der Waals surface area contributed by atoms with E-state index in [-0.39, 0.29) is 62.8 Å². The first-order valence-electron chi connectivity index (χ1n) is 39.1. The fourth-order valence-electron chi connectivity index (χ4n) is 11.2. The first-order chi connectivity index (χ1) is 52.3. The van der Waals surface area contributed by atoms with Gasteiger partial charge in [0.25, 0.3) is 0 Å². The normalized spacial score (nSPS) is 14.9. The summed E-state index contributed by atoms with van der Waals surface area (Å²) in [6.45, 7) is 37.7. The SMILES string of the molecule is COC(=O)[C@H](Cc1ccccc1)NC(=O)[C@H](C)NC(=O)[C@@H](NC(=O)C(C)(C)NC(=O)[C@H](CC(C)C)NC(=O)[C@H](C)NC(=O)[C@@H](NC(=O)CCCCCNC(=O)[C@H](CC(C)C)NC(=O)[C@H](C)NC(=O)[C@@H](NC(=O)C(C)(C)NC(=O)[C@H](CC(C)C)NC(=O)[C@H](C)NC(=O)[C@H](CCSC)NC(=O)OC(C)(C)C)C(C)C)C(C)C)C(C)C. The number of hydrogen-bond donors (Lipinski definition) is 15. The number of amides is 15. The highest BCUT2D eigenvalue weighted by molar-refractivity contribution is 7.98. The van der Waals surface area contributed by atoms with Crippen LogP contribution in [0.15, 0.2) is 30.3 Å². The summed E-state index contributed by atoms with van der Waals surface area (Å²) in [5, 5.41) is 40.0. The van der Waals surface area contributed by atoms with Crippen LogP contribution in [0.4, 0.5) is 4.79 Å². The van der Waals surface area contributed by atoms with E-state index in [9.17, 15) is 76.7 Å². The molecule has 15 amide bonds. The second kappa shape index (κ2) is 48.8. The zero-order chi connectivity index (χ0) is 86.7. The van der Waals surface area contributed by atoms with Crippen molar-refractivity contribution in [1.82, 2.24) is 79.8 Å². The zero-order valence-electron chi connectivity index (χ0n) is 71.3. The molecule has 0 bridgehead atoms. The molecule has 0 spiro atoms. The predicted octanol–water partition coefficient (Wildman–Crippen LogP) is 3.03. The van der Waals surface area contributed by atoms with E-state index >= 15 is 0 Å². The van der Waals surface area contributed by atoms with Crippen LogP contribution < -0.4 is 79.8 Å². The van der Waals surface area contributed by atoms with E-state index < -0.39 is 202 Å². The molecule has 113 heavy (non-hydrogen) atoms. The van der Waals surface area contributed by atoms with Crippen molar-refractivity contribution in [2.45, 2.75) is 306 Å². The summed E-state index contributed by atoms with van der Waals surface area (Å²) >= 11 is 1.46. The molecule has 0 aromatic heterocycles. The maximum atomic E-state index is 14.0. The van der Waals surface area contributed by atoms with E-state index in [0.717, 1.165) is 5.56 Å². The third-order valence-corrected chi connectivity index (χ3v) is 18.5. The molecule has 0 saturated carbocycles. The third-order valence-electron chi connectivity index (χ3n) is 17.9. The summed E-state index contributed by atoms with van der Waals surface area (Å²) in [6, 6.07) is -4.70. The summed E-state index contributed by atoms with van der Waals surface area (Å²) in [4.78, 5) is 217. The molecule has 15 N–H and O–H groups in total. The molecule has 34 heteroatoms. The van der Waals surface area contributed by atoms with Crippen molar-refractivity contribution in [3.8, 4) is 0 Å². The molecule has 0 aliphatic carbocycles. The minimum atomic E-state index is -1.66. The van der Waals surface area contributed by atoms with E-state index in [1.165, 1.54) is 74.3 Å². The van der Waals surface area contributed by atoms with Crippen LogP contribution in [0.25, 0.3) is 0 Å². The summed E-state index contributed by atoms with van der Waals surface area (Å²) in [5.74, 6) is -11.5. The quantitative estimate of drug-likeness (QED) is 0.0329. The van der Waals surface area contributed by atoms with E-state index in [1.54, 1.807) is 86.6 Å². The van der Waals surface area contributed by atoms with E-state index in [2.05, 4.69) is 79.8 Å². The lowest BCUT2D eigenvalue weighted by Gasteiger charge is -2.32. The molecular formula is C79H135N15O18S. The molecule has 640 valence electrons. The van der Waals surface area contributed by atoms with Gasteiger partial charge in [-0.05, 0) is 168 Å². The highest BCUT2D eigenvalue weighted by atomic mass is 32.2. The molecule has 12 atom stereocenters. The van der Waals surface area contributed by atoms with Crippen molar-refractivity contribution >= 4 is 107 Å². The van der Waals surface area contributed by atoms with Gasteiger partial charge in [0, 0.05) is 19.4 Å². The number of rotatable bonds is 48. The van der Waals surface area contributed by atoms with Gasteiger partial charge in [0.2, 0.25) is 82.7 Å². The number of carbonyl (C=O) groups excluding carboxylic acids is 16. The Kier molecular flexibility index (Phi) is 44.0. The number of alkyl carbamates (subject to hydrolysis) is 1. The Morgan fingerprint density at radius 3 is 1.11 bits per heavy atom. The summed E-state index contributed by atoms with van der Waals surface area (Å²) in [7, 11) is 1.19. The van der Waals surface area contributed by atoms with Gasteiger partial charge in [0.05, 0.1) is 7.11 Å². The van der Waals surface area contributed by atoms with Crippen molar-refractivity contribution in [3.63, 3.8) is 0 Å². The number of methoxy groups -OCH3 is 1. The lowest BCUT2D eigenvalue weighted by molar-refractivity contribution is -0.145. The number of thioether (sulfide) groups is 1. The average Bonchev–Trinajstić information content (AvgIpc) is 0.833. The molecule has 0 saturated heterocycles. The molecule has 1 aromatic rings. The van der Waals surface area contributed by atoms with Crippen LogP contribution in [0.1, 0.15) is 216 Å². The Morgan fingerprint density at radius 2 is 0.752 bits per heavy atom. The van der Waals surface area contributed by atoms with Crippen LogP contribution >= 0.6 is 11.8 Å². The van der Waals surface area contributed by atoms with E-state index in [4.69, 9.17) is 9.47 Å². The Hall–Kier alpha value is -9.11. The number of carbonyl (C=O) groups is 16. The second-order valence-corrected chi connectivity index (χ2v) is 34.2. The standard InChI is InChI=1S/C79H135N15O18S/c1-42(2)38-54(85-63(97)49(14)83-71(105)60(46(9)10)91-74(108)78(20,21)93-68(102)55(39-43(3)4)86-62(96)48(13)81-67(101)53(35-37-113-25)89-76(110)112-77(17,18)19)66(100)80-36-31-27-30-34-58(95)90-59(45(7)8)70(104)82-50(15)64(98)87-56(40-44(5)6)69(103)94-79(22,23)75(109)92-61(47(11)12)72(106)84-51(16)65(99)88-57(73(107)111-24)41-52-32-28-26-29-33-52/h26,28-29,32-33,42-51,53-57,59-61H,27,30-31,34-41H2,1-25H3,(H,80,100)(H,81,101)(H,82,104)(H,83,105)(H,84,106)(H,85,97)(H,86,96)(H,87,98)(H,88,99)(H,89,110)(H,90,95)(H,91,108)(H,92,109)(H,93,102)(H,94,103)/t48-,49-,50-,51-,53-,54-,55-,56-,57-,59-,60-,61-/m0/s1. The number of benzene rings is 1. The smallest absolute Gasteiger partial charge is 0.408 e. The molecule has 0 heterocycles. The molecule has 1 rings (SSSR count). The predicted molar refractivity (Wildman–Crippen MR) is 431 cm³/mol. The summed E-state index contributed by atoms with van der Waals surface area (Å²) in [6.07, 6.45) is 3.18. The van der Waals surface area contributed by atoms with Crippen LogP contribution in [0.2, 0.25) is 0 Å². The molecule has 1 aromatic carbocycles. The highest BCUT2D eigenvalue weighted by Crippen LogP contribution is 2.17. The largest absolute Gasteiger partial charge is 0.467 e.